The Morgan fingerprint density at radius 3 is 2.75 bits per heavy atom. The molecule has 1 saturated heterocycles. The highest BCUT2D eigenvalue weighted by molar-refractivity contribution is 5.94. The number of pyridine rings is 1. The summed E-state index contributed by atoms with van der Waals surface area (Å²) >= 11 is 0. The number of hydrogen-bond acceptors (Lipinski definition) is 6. The molecule has 1 amide bonds. The molecule has 0 unspecified atom stereocenters. The number of amides is 1. The molecule has 0 N–H and O–H groups in total. The Hall–Kier alpha value is -3.10. The monoisotopic (exact) mass is 381 g/mol. The van der Waals surface area contributed by atoms with Crippen LogP contribution in [0.25, 0.3) is 5.65 Å². The molecule has 2 aliphatic rings. The van der Waals surface area contributed by atoms with Crippen LogP contribution < -0.4 is 4.90 Å². The fourth-order valence-corrected chi connectivity index (χ4v) is 3.67. The molecular weight excluding hydrogens is 361 g/mol. The first-order valence-corrected chi connectivity index (χ1v) is 9.45. The second-order valence-electron chi connectivity index (χ2n) is 7.51. The highest BCUT2D eigenvalue weighted by Crippen LogP contribution is 2.35. The minimum atomic E-state index is -0.511. The predicted molar refractivity (Wildman–Crippen MR) is 99.7 cm³/mol. The zero-order valence-corrected chi connectivity index (χ0v) is 15.5. The molecule has 0 spiro atoms. The van der Waals surface area contributed by atoms with E-state index in [1.807, 2.05) is 16.6 Å². The highest BCUT2D eigenvalue weighted by Gasteiger charge is 2.34. The van der Waals surface area contributed by atoms with Crippen molar-refractivity contribution in [2.24, 2.45) is 0 Å². The van der Waals surface area contributed by atoms with Gasteiger partial charge in [0.05, 0.1) is 17.8 Å². The third-order valence-electron chi connectivity index (χ3n) is 5.75. The molecule has 0 radical (unpaired) electrons. The van der Waals surface area contributed by atoms with Crippen molar-refractivity contribution in [2.45, 2.75) is 31.2 Å². The first kappa shape index (κ1) is 17.0. The molecule has 1 aliphatic heterocycles. The third kappa shape index (κ3) is 2.78. The van der Waals surface area contributed by atoms with Gasteiger partial charge in [-0.2, -0.15) is 4.52 Å². The maximum Gasteiger partial charge on any atom is 0.255 e. The maximum absolute atomic E-state index is 13.3. The fourth-order valence-electron chi connectivity index (χ4n) is 3.67. The number of anilines is 1. The zero-order chi connectivity index (χ0) is 19.3. The largest absolute Gasteiger partial charge is 0.351 e. The summed E-state index contributed by atoms with van der Waals surface area (Å²) in [6, 6.07) is 5.12. The molecule has 3 aromatic heterocycles. The normalized spacial score (nSPS) is 17.4. The minimum Gasteiger partial charge on any atom is -0.351 e. The molecule has 3 aromatic rings. The number of aromatic nitrogens is 5. The van der Waals surface area contributed by atoms with Crippen LogP contribution in [0.15, 0.2) is 30.6 Å². The lowest BCUT2D eigenvalue weighted by atomic mass is 9.85. The van der Waals surface area contributed by atoms with Crippen molar-refractivity contribution >= 4 is 17.4 Å². The fraction of sp³-hybridized carbons (Fsp3) is 0.421. The number of likely N-dealkylation sites (N-methyl/N-ethyl adjacent to an activating group) is 1. The van der Waals surface area contributed by atoms with Crippen LogP contribution in [0.1, 0.15) is 41.4 Å². The van der Waals surface area contributed by atoms with Crippen LogP contribution in [-0.2, 0) is 0 Å². The van der Waals surface area contributed by atoms with Crippen LogP contribution in [0.5, 0.6) is 0 Å². The molecule has 5 rings (SSSR count). The number of hydrogen-bond donors (Lipinski definition) is 0. The molecule has 9 heteroatoms. The number of carbonyl (C=O) groups excluding carboxylic acids is 1. The predicted octanol–water partition coefficient (Wildman–Crippen LogP) is 1.89. The second kappa shape index (κ2) is 6.50. The summed E-state index contributed by atoms with van der Waals surface area (Å²) in [7, 11) is 1.74. The smallest absolute Gasteiger partial charge is 0.255 e. The van der Waals surface area contributed by atoms with Gasteiger partial charge in [-0.15, -0.1) is 15.3 Å². The van der Waals surface area contributed by atoms with E-state index < -0.39 is 5.82 Å². The number of rotatable bonds is 4. The van der Waals surface area contributed by atoms with E-state index >= 15 is 0 Å². The summed E-state index contributed by atoms with van der Waals surface area (Å²) < 4.78 is 15.2. The van der Waals surface area contributed by atoms with Crippen LogP contribution in [0, 0.1) is 5.82 Å². The van der Waals surface area contributed by atoms with Crippen molar-refractivity contribution in [3.8, 4) is 0 Å². The molecule has 8 nitrogen and oxygen atoms in total. The van der Waals surface area contributed by atoms with Crippen LogP contribution in [0.3, 0.4) is 0 Å². The molecule has 1 aliphatic carbocycles. The van der Waals surface area contributed by atoms with Crippen molar-refractivity contribution < 1.29 is 9.18 Å². The molecule has 28 heavy (non-hydrogen) atoms. The van der Waals surface area contributed by atoms with Gasteiger partial charge in [-0.25, -0.2) is 4.39 Å². The standard InChI is InChI=1S/C19H20FN7O/c1-25(19(28)13-7-14(20)9-21-8-13)15-10-26(11-15)17-6-5-16-22-23-18(27(16)24-17)12-3-2-4-12/h5-9,12,15H,2-4,10-11H2,1H3. The zero-order valence-electron chi connectivity index (χ0n) is 15.5. The van der Waals surface area contributed by atoms with Gasteiger partial charge < -0.3 is 9.80 Å². The molecule has 1 saturated carbocycles. The van der Waals surface area contributed by atoms with Crippen LogP contribution in [0.2, 0.25) is 0 Å². The van der Waals surface area contributed by atoms with E-state index in [4.69, 9.17) is 5.10 Å². The van der Waals surface area contributed by atoms with Gasteiger partial charge >= 0.3 is 0 Å². The molecular formula is C19H20FN7O. The van der Waals surface area contributed by atoms with Crippen molar-refractivity contribution in [1.82, 2.24) is 29.7 Å². The van der Waals surface area contributed by atoms with Gasteiger partial charge in [0, 0.05) is 32.3 Å². The van der Waals surface area contributed by atoms with Gasteiger partial charge in [0.2, 0.25) is 0 Å². The van der Waals surface area contributed by atoms with E-state index in [0.717, 1.165) is 36.3 Å². The summed E-state index contributed by atoms with van der Waals surface area (Å²) in [6.07, 6.45) is 5.99. The van der Waals surface area contributed by atoms with Crippen molar-refractivity contribution in [3.05, 3.63) is 47.8 Å². The maximum atomic E-state index is 13.3. The SMILES string of the molecule is CN(C(=O)c1cncc(F)c1)C1CN(c2ccc3nnc(C4CCC4)n3n2)C1. The lowest BCUT2D eigenvalue weighted by Crippen LogP contribution is -2.60. The Morgan fingerprint density at radius 1 is 1.21 bits per heavy atom. The molecule has 2 fully saturated rings. The van der Waals surface area contributed by atoms with Gasteiger partial charge in [-0.1, -0.05) is 6.42 Å². The van der Waals surface area contributed by atoms with Crippen LogP contribution in [0.4, 0.5) is 10.2 Å². The van der Waals surface area contributed by atoms with Gasteiger partial charge in [0.1, 0.15) is 11.6 Å². The third-order valence-corrected chi connectivity index (χ3v) is 5.75. The minimum absolute atomic E-state index is 0.0419. The van der Waals surface area contributed by atoms with Gasteiger partial charge in [-0.05, 0) is 31.0 Å². The number of fused-ring (bicyclic) bond motifs is 1. The summed E-state index contributed by atoms with van der Waals surface area (Å²) in [6.45, 7) is 1.34. The van der Waals surface area contributed by atoms with E-state index in [-0.39, 0.29) is 17.5 Å². The average molecular weight is 381 g/mol. The van der Waals surface area contributed by atoms with Crippen molar-refractivity contribution in [1.29, 1.82) is 0 Å². The molecule has 4 heterocycles. The van der Waals surface area contributed by atoms with E-state index in [1.54, 1.807) is 11.9 Å². The summed E-state index contributed by atoms with van der Waals surface area (Å²) in [5.74, 6) is 1.49. The lowest BCUT2D eigenvalue weighted by molar-refractivity contribution is 0.0704. The summed E-state index contributed by atoms with van der Waals surface area (Å²) in [5, 5.41) is 13.2. The number of carbonyl (C=O) groups is 1. The number of nitrogens with zero attached hydrogens (tertiary/aromatic N) is 7. The van der Waals surface area contributed by atoms with E-state index in [2.05, 4.69) is 20.1 Å². The van der Waals surface area contributed by atoms with Gasteiger partial charge in [-0.3, -0.25) is 9.78 Å². The quantitative estimate of drug-likeness (QED) is 0.687. The molecule has 144 valence electrons. The van der Waals surface area contributed by atoms with E-state index in [0.29, 0.717) is 19.0 Å². The Kier molecular flexibility index (Phi) is 3.96. The molecule has 0 atom stereocenters. The summed E-state index contributed by atoms with van der Waals surface area (Å²) in [4.78, 5) is 20.0. The topological polar surface area (TPSA) is 79.5 Å². The number of halogens is 1. The average Bonchev–Trinajstić information content (AvgIpc) is 3.01. The first-order valence-electron chi connectivity index (χ1n) is 9.45. The van der Waals surface area contributed by atoms with Gasteiger partial charge in [0.15, 0.2) is 11.5 Å². The summed E-state index contributed by atoms with van der Waals surface area (Å²) in [5.41, 5.74) is 1.02. The van der Waals surface area contributed by atoms with Crippen LogP contribution in [-0.4, -0.2) is 61.8 Å². The first-order chi connectivity index (χ1) is 13.6. The second-order valence-corrected chi connectivity index (χ2v) is 7.51. The lowest BCUT2D eigenvalue weighted by Gasteiger charge is -2.44. The van der Waals surface area contributed by atoms with Crippen molar-refractivity contribution in [2.75, 3.05) is 25.0 Å². The van der Waals surface area contributed by atoms with Gasteiger partial charge in [0.25, 0.3) is 5.91 Å². The molecule has 0 bridgehead atoms. The molecule has 0 aromatic carbocycles. The van der Waals surface area contributed by atoms with E-state index in [1.165, 1.54) is 18.7 Å². The van der Waals surface area contributed by atoms with Crippen LogP contribution >= 0.6 is 0 Å². The Bertz CT molecular complexity index is 1040. The van der Waals surface area contributed by atoms with Crippen molar-refractivity contribution in [3.63, 3.8) is 0 Å². The Balaban J connectivity index is 1.29. The highest BCUT2D eigenvalue weighted by atomic mass is 19.1. The van der Waals surface area contributed by atoms with E-state index in [9.17, 15) is 9.18 Å². The Labute approximate surface area is 161 Å². The Morgan fingerprint density at radius 2 is 2.04 bits per heavy atom.